The van der Waals surface area contributed by atoms with Crippen LogP contribution in [0.3, 0.4) is 0 Å². The average molecular weight is 173 g/mol. The van der Waals surface area contributed by atoms with Crippen LogP contribution >= 0.6 is 0 Å². The van der Waals surface area contributed by atoms with Gasteiger partial charge in [-0.15, -0.1) is 0 Å². The van der Waals surface area contributed by atoms with E-state index >= 15 is 0 Å². The Labute approximate surface area is 78.1 Å². The molecule has 0 aliphatic heterocycles. The zero-order valence-electron chi connectivity index (χ0n) is 7.53. The van der Waals surface area contributed by atoms with Crippen molar-refractivity contribution in [3.63, 3.8) is 0 Å². The molecule has 0 bridgehead atoms. The Hall–Kier alpha value is -1.75. The molecule has 0 fully saturated rings. The van der Waals surface area contributed by atoms with Gasteiger partial charge in [0.05, 0.1) is 0 Å². The number of para-hydroxylation sites is 1. The van der Waals surface area contributed by atoms with E-state index in [0.717, 1.165) is 6.42 Å². The fourth-order valence-electron chi connectivity index (χ4n) is 0.911. The van der Waals surface area contributed by atoms with Crippen LogP contribution < -0.4 is 4.74 Å². The highest BCUT2D eigenvalue weighted by Crippen LogP contribution is 2.12. The van der Waals surface area contributed by atoms with Gasteiger partial charge in [-0.3, -0.25) is 0 Å². The van der Waals surface area contributed by atoms with Crippen LogP contribution in [0.15, 0.2) is 42.2 Å². The second-order valence-corrected chi connectivity index (χ2v) is 2.50. The second kappa shape index (κ2) is 5.00. The molecule has 0 aliphatic rings. The summed E-state index contributed by atoms with van der Waals surface area (Å²) in [5.74, 6) is 1.05. The summed E-state index contributed by atoms with van der Waals surface area (Å²) in [4.78, 5) is 0. The number of nitriles is 1. The Bertz CT molecular complexity index is 322. The first-order valence-electron chi connectivity index (χ1n) is 4.20. The van der Waals surface area contributed by atoms with Gasteiger partial charge in [-0.1, -0.05) is 25.1 Å². The third kappa shape index (κ3) is 3.00. The monoisotopic (exact) mass is 173 g/mol. The normalized spacial score (nSPS) is 10.6. The number of rotatable bonds is 3. The fraction of sp³-hybridized carbons (Fsp3) is 0.182. The van der Waals surface area contributed by atoms with Gasteiger partial charge < -0.3 is 4.74 Å². The maximum atomic E-state index is 8.68. The van der Waals surface area contributed by atoms with Gasteiger partial charge >= 0.3 is 0 Å². The Kier molecular flexibility index (Phi) is 3.59. The van der Waals surface area contributed by atoms with Crippen molar-refractivity contribution in [2.75, 3.05) is 0 Å². The predicted octanol–water partition coefficient (Wildman–Crippen LogP) is 2.88. The van der Waals surface area contributed by atoms with Crippen LogP contribution in [0.25, 0.3) is 0 Å². The highest BCUT2D eigenvalue weighted by Gasteiger charge is 1.96. The molecule has 1 aromatic carbocycles. The van der Waals surface area contributed by atoms with Gasteiger partial charge in [0.1, 0.15) is 11.8 Å². The molecule has 0 radical (unpaired) electrons. The van der Waals surface area contributed by atoms with Crippen LogP contribution in [0.2, 0.25) is 0 Å². The van der Waals surface area contributed by atoms with Crippen molar-refractivity contribution >= 4 is 0 Å². The van der Waals surface area contributed by atoms with Crippen molar-refractivity contribution in [3.05, 3.63) is 42.2 Å². The van der Waals surface area contributed by atoms with Crippen LogP contribution in [0, 0.1) is 11.3 Å². The third-order valence-electron chi connectivity index (χ3n) is 1.47. The van der Waals surface area contributed by atoms with Gasteiger partial charge in [-0.25, -0.2) is 0 Å². The molecule has 2 heteroatoms. The largest absolute Gasteiger partial charge is 0.447 e. The molecule has 0 saturated carbocycles. The van der Waals surface area contributed by atoms with Crippen LogP contribution in [0.4, 0.5) is 0 Å². The molecular weight excluding hydrogens is 162 g/mol. The summed E-state index contributed by atoms with van der Waals surface area (Å²) in [5.41, 5.74) is 0. The lowest BCUT2D eigenvalue weighted by atomic mass is 10.3. The van der Waals surface area contributed by atoms with Crippen molar-refractivity contribution in [1.82, 2.24) is 0 Å². The zero-order valence-corrected chi connectivity index (χ0v) is 7.53. The number of nitrogens with zero attached hydrogens (tertiary/aromatic N) is 1. The summed E-state index contributed by atoms with van der Waals surface area (Å²) in [7, 11) is 0. The molecule has 0 atom stereocenters. The lowest BCUT2D eigenvalue weighted by Crippen LogP contribution is -1.91. The molecule has 0 amide bonds. The topological polar surface area (TPSA) is 33.0 Å². The second-order valence-electron chi connectivity index (χ2n) is 2.50. The van der Waals surface area contributed by atoms with Crippen molar-refractivity contribution in [1.29, 1.82) is 5.26 Å². The summed E-state index contributed by atoms with van der Waals surface area (Å²) in [5, 5.41) is 8.68. The molecule has 0 unspecified atom stereocenters. The number of benzene rings is 1. The summed E-state index contributed by atoms with van der Waals surface area (Å²) in [6, 6.07) is 11.3. The van der Waals surface area contributed by atoms with Gasteiger partial charge in [0, 0.05) is 0 Å². The smallest absolute Gasteiger partial charge is 0.200 e. The minimum Gasteiger partial charge on any atom is -0.447 e. The standard InChI is InChI=1S/C11H11NO/c1-2-6-11(9-12)13-10-7-4-3-5-8-10/h3-8H,2H2,1H3. The first-order valence-corrected chi connectivity index (χ1v) is 4.20. The SMILES string of the molecule is CCC=C(C#N)Oc1ccccc1. The van der Waals surface area contributed by atoms with E-state index < -0.39 is 0 Å². The number of allylic oxidation sites excluding steroid dienone is 2. The Morgan fingerprint density at radius 1 is 1.46 bits per heavy atom. The highest BCUT2D eigenvalue weighted by atomic mass is 16.5. The van der Waals surface area contributed by atoms with Gasteiger partial charge in [0.15, 0.2) is 5.76 Å². The lowest BCUT2D eigenvalue weighted by Gasteiger charge is -2.01. The molecule has 13 heavy (non-hydrogen) atoms. The van der Waals surface area contributed by atoms with Gasteiger partial charge in [-0.2, -0.15) is 5.26 Å². The Morgan fingerprint density at radius 2 is 2.15 bits per heavy atom. The molecule has 1 aromatic rings. The molecule has 66 valence electrons. The maximum absolute atomic E-state index is 8.68. The fourth-order valence-corrected chi connectivity index (χ4v) is 0.911. The number of ether oxygens (including phenoxy) is 1. The molecule has 0 aliphatic carbocycles. The molecule has 0 N–H and O–H groups in total. The van der Waals surface area contributed by atoms with Gasteiger partial charge in [0.25, 0.3) is 0 Å². The van der Waals surface area contributed by atoms with E-state index in [1.54, 1.807) is 6.08 Å². The van der Waals surface area contributed by atoms with E-state index in [0.29, 0.717) is 11.5 Å². The van der Waals surface area contributed by atoms with Crippen LogP contribution in [0.1, 0.15) is 13.3 Å². The first-order chi connectivity index (χ1) is 6.36. The van der Waals surface area contributed by atoms with E-state index in [1.807, 2.05) is 43.3 Å². The Morgan fingerprint density at radius 3 is 2.69 bits per heavy atom. The van der Waals surface area contributed by atoms with E-state index in [2.05, 4.69) is 0 Å². The molecule has 0 spiro atoms. The summed E-state index contributed by atoms with van der Waals surface area (Å²) >= 11 is 0. The van der Waals surface area contributed by atoms with Crippen LogP contribution in [-0.4, -0.2) is 0 Å². The molecule has 1 rings (SSSR count). The third-order valence-corrected chi connectivity index (χ3v) is 1.47. The van der Waals surface area contributed by atoms with E-state index in [4.69, 9.17) is 10.00 Å². The predicted molar refractivity (Wildman–Crippen MR) is 51.1 cm³/mol. The summed E-state index contributed by atoms with van der Waals surface area (Å²) in [6.45, 7) is 1.96. The van der Waals surface area contributed by atoms with E-state index in [1.165, 1.54) is 0 Å². The first kappa shape index (κ1) is 9.34. The van der Waals surface area contributed by atoms with Crippen molar-refractivity contribution in [3.8, 4) is 11.8 Å². The molecular formula is C11H11NO. The van der Waals surface area contributed by atoms with Gasteiger partial charge in [-0.05, 0) is 24.6 Å². The molecule has 0 saturated heterocycles. The quantitative estimate of drug-likeness (QED) is 0.520. The molecule has 0 aromatic heterocycles. The summed E-state index contributed by atoms with van der Waals surface area (Å²) < 4.78 is 5.30. The molecule has 2 nitrogen and oxygen atoms in total. The van der Waals surface area contributed by atoms with E-state index in [-0.39, 0.29) is 0 Å². The van der Waals surface area contributed by atoms with Crippen molar-refractivity contribution in [2.45, 2.75) is 13.3 Å². The van der Waals surface area contributed by atoms with Crippen molar-refractivity contribution in [2.24, 2.45) is 0 Å². The number of hydrogen-bond acceptors (Lipinski definition) is 2. The minimum atomic E-state index is 0.355. The van der Waals surface area contributed by atoms with Crippen molar-refractivity contribution < 1.29 is 4.74 Å². The zero-order chi connectivity index (χ0) is 9.52. The van der Waals surface area contributed by atoms with Crippen LogP contribution in [0.5, 0.6) is 5.75 Å². The minimum absolute atomic E-state index is 0.355. The van der Waals surface area contributed by atoms with Crippen LogP contribution in [-0.2, 0) is 0 Å². The highest BCUT2D eigenvalue weighted by molar-refractivity contribution is 5.27. The lowest BCUT2D eigenvalue weighted by molar-refractivity contribution is 0.446. The van der Waals surface area contributed by atoms with E-state index in [9.17, 15) is 0 Å². The van der Waals surface area contributed by atoms with Gasteiger partial charge in [0.2, 0.25) is 0 Å². The Balaban J connectivity index is 2.69. The maximum Gasteiger partial charge on any atom is 0.200 e. The average Bonchev–Trinajstić information content (AvgIpc) is 2.19. The molecule has 0 heterocycles. The summed E-state index contributed by atoms with van der Waals surface area (Å²) in [6.07, 6.45) is 2.56. The number of hydrogen-bond donors (Lipinski definition) is 0.